The van der Waals surface area contributed by atoms with E-state index in [-0.39, 0.29) is 4.90 Å². The van der Waals surface area contributed by atoms with Gasteiger partial charge in [0.05, 0.1) is 29.8 Å². The maximum absolute atomic E-state index is 12.2. The molecular formula is C22H21ClN4O4S2. The molecule has 0 spiro atoms. The first-order chi connectivity index (χ1) is 15.9. The Bertz CT molecular complexity index is 1220. The van der Waals surface area contributed by atoms with Crippen LogP contribution >= 0.6 is 23.4 Å². The van der Waals surface area contributed by atoms with E-state index in [1.807, 2.05) is 30.3 Å². The fraction of sp³-hybridized carbons (Fsp3) is 0.136. The second-order valence-corrected chi connectivity index (χ2v) is 9.80. The Morgan fingerprint density at radius 3 is 2.67 bits per heavy atom. The summed E-state index contributed by atoms with van der Waals surface area (Å²) in [4.78, 5) is 16.3. The third-order valence-corrected chi connectivity index (χ3v) is 6.93. The number of carbonyl (C=O) groups is 1. The zero-order valence-corrected chi connectivity index (χ0v) is 20.0. The molecule has 0 radical (unpaired) electrons. The number of thioether (sulfide) groups is 1. The Labute approximate surface area is 201 Å². The van der Waals surface area contributed by atoms with Gasteiger partial charge in [-0.15, -0.1) is 11.8 Å². The summed E-state index contributed by atoms with van der Waals surface area (Å²) in [6, 6.07) is 16.9. The highest BCUT2D eigenvalue weighted by molar-refractivity contribution is 7.98. The molecule has 172 valence electrons. The van der Waals surface area contributed by atoms with Gasteiger partial charge in [0.2, 0.25) is 10.0 Å². The standard InChI is InChI=1S/C22H21ClN4O4S2/c1-31-20-10-5-16(12-17(20)15-32-22-4-2-3-11-24-22)13-25-27-21(28)14-26-33(29,30)19-8-6-18(23)7-9-19/h2-13,26H,14-15H2,1H3,(H,27,28). The van der Waals surface area contributed by atoms with Gasteiger partial charge in [0.15, 0.2) is 0 Å². The van der Waals surface area contributed by atoms with Crippen molar-refractivity contribution >= 4 is 45.5 Å². The minimum Gasteiger partial charge on any atom is -0.496 e. The van der Waals surface area contributed by atoms with Crippen molar-refractivity contribution in [3.05, 3.63) is 83.0 Å². The number of halogens is 1. The number of amides is 1. The number of rotatable bonds is 10. The van der Waals surface area contributed by atoms with E-state index in [1.165, 1.54) is 30.5 Å². The minimum absolute atomic E-state index is 0.0116. The fourth-order valence-electron chi connectivity index (χ4n) is 2.65. The number of sulfonamides is 1. The molecule has 0 bridgehead atoms. The first-order valence-electron chi connectivity index (χ1n) is 9.65. The highest BCUT2D eigenvalue weighted by Gasteiger charge is 2.15. The van der Waals surface area contributed by atoms with E-state index in [1.54, 1.807) is 31.1 Å². The van der Waals surface area contributed by atoms with Crippen LogP contribution in [0.4, 0.5) is 0 Å². The van der Waals surface area contributed by atoms with Crippen molar-refractivity contribution < 1.29 is 17.9 Å². The summed E-state index contributed by atoms with van der Waals surface area (Å²) >= 11 is 7.33. The predicted octanol–water partition coefficient (Wildman–Crippen LogP) is 3.46. The molecule has 0 atom stereocenters. The van der Waals surface area contributed by atoms with Gasteiger partial charge in [0, 0.05) is 22.5 Å². The van der Waals surface area contributed by atoms with Crippen molar-refractivity contribution in [3.63, 3.8) is 0 Å². The zero-order chi connectivity index (χ0) is 23.7. The van der Waals surface area contributed by atoms with E-state index in [0.717, 1.165) is 21.9 Å². The van der Waals surface area contributed by atoms with Crippen LogP contribution in [-0.2, 0) is 20.6 Å². The monoisotopic (exact) mass is 504 g/mol. The Kier molecular flexibility index (Phi) is 8.84. The number of hydrogen-bond acceptors (Lipinski definition) is 7. The molecule has 8 nitrogen and oxygen atoms in total. The van der Waals surface area contributed by atoms with Gasteiger partial charge in [-0.3, -0.25) is 4.79 Å². The lowest BCUT2D eigenvalue weighted by molar-refractivity contribution is -0.119. The van der Waals surface area contributed by atoms with Gasteiger partial charge in [-0.25, -0.2) is 23.5 Å². The molecule has 0 saturated heterocycles. The van der Waals surface area contributed by atoms with Gasteiger partial charge in [-0.1, -0.05) is 17.7 Å². The summed E-state index contributed by atoms with van der Waals surface area (Å²) in [5.74, 6) is 0.764. The maximum Gasteiger partial charge on any atom is 0.255 e. The van der Waals surface area contributed by atoms with Crippen LogP contribution in [-0.4, -0.2) is 39.2 Å². The maximum atomic E-state index is 12.2. The molecule has 1 heterocycles. The number of aromatic nitrogens is 1. The molecule has 0 aliphatic carbocycles. The van der Waals surface area contributed by atoms with Crippen molar-refractivity contribution in [1.29, 1.82) is 0 Å². The smallest absolute Gasteiger partial charge is 0.255 e. The molecular weight excluding hydrogens is 484 g/mol. The number of hydrogen-bond donors (Lipinski definition) is 2. The van der Waals surface area contributed by atoms with Crippen molar-refractivity contribution in [3.8, 4) is 5.75 Å². The lowest BCUT2D eigenvalue weighted by atomic mass is 10.1. The average molecular weight is 505 g/mol. The zero-order valence-electron chi connectivity index (χ0n) is 17.6. The summed E-state index contributed by atoms with van der Waals surface area (Å²) in [6.45, 7) is -0.461. The van der Waals surface area contributed by atoms with Crippen LogP contribution in [0.1, 0.15) is 11.1 Å². The number of nitrogens with zero attached hydrogens (tertiary/aromatic N) is 2. The predicted molar refractivity (Wildman–Crippen MR) is 129 cm³/mol. The molecule has 1 aromatic heterocycles. The number of carbonyl (C=O) groups excluding carboxylic acids is 1. The molecule has 3 rings (SSSR count). The Morgan fingerprint density at radius 1 is 1.18 bits per heavy atom. The van der Waals surface area contributed by atoms with Crippen LogP contribution in [0.2, 0.25) is 5.02 Å². The third kappa shape index (κ3) is 7.57. The van der Waals surface area contributed by atoms with E-state index in [2.05, 4.69) is 20.2 Å². The highest BCUT2D eigenvalue weighted by Crippen LogP contribution is 2.27. The van der Waals surface area contributed by atoms with Crippen molar-refractivity contribution in [2.24, 2.45) is 5.10 Å². The molecule has 2 N–H and O–H groups in total. The largest absolute Gasteiger partial charge is 0.496 e. The second kappa shape index (κ2) is 11.8. The molecule has 0 saturated carbocycles. The molecule has 0 unspecified atom stereocenters. The molecule has 0 fully saturated rings. The number of benzene rings is 2. The highest BCUT2D eigenvalue weighted by atomic mass is 35.5. The van der Waals surface area contributed by atoms with Crippen LogP contribution < -0.4 is 14.9 Å². The quantitative estimate of drug-likeness (QED) is 0.248. The Morgan fingerprint density at radius 2 is 1.97 bits per heavy atom. The molecule has 3 aromatic rings. The van der Waals surface area contributed by atoms with E-state index in [0.29, 0.717) is 10.8 Å². The molecule has 11 heteroatoms. The molecule has 1 amide bonds. The minimum atomic E-state index is -3.83. The summed E-state index contributed by atoms with van der Waals surface area (Å²) in [5.41, 5.74) is 3.99. The normalized spacial score (nSPS) is 11.5. The van der Waals surface area contributed by atoms with Gasteiger partial charge in [0.1, 0.15) is 5.75 Å². The van der Waals surface area contributed by atoms with Gasteiger partial charge >= 0.3 is 0 Å². The lowest BCUT2D eigenvalue weighted by Gasteiger charge is -2.09. The SMILES string of the molecule is COc1ccc(C=NNC(=O)CNS(=O)(=O)c2ccc(Cl)cc2)cc1CSc1ccccn1. The van der Waals surface area contributed by atoms with Crippen LogP contribution in [0.15, 0.2) is 81.9 Å². The number of methoxy groups -OCH3 is 1. The first-order valence-corrected chi connectivity index (χ1v) is 12.5. The third-order valence-electron chi connectivity index (χ3n) is 4.27. The van der Waals surface area contributed by atoms with E-state index < -0.39 is 22.5 Å². The van der Waals surface area contributed by atoms with Crippen LogP contribution in [0.3, 0.4) is 0 Å². The van der Waals surface area contributed by atoms with Gasteiger partial charge in [-0.2, -0.15) is 5.10 Å². The average Bonchev–Trinajstić information content (AvgIpc) is 2.82. The first kappa shape index (κ1) is 24.7. The number of nitrogens with one attached hydrogen (secondary N) is 2. The topological polar surface area (TPSA) is 110 Å². The van der Waals surface area contributed by atoms with Crippen LogP contribution in [0, 0.1) is 0 Å². The Hall–Kier alpha value is -2.92. The Balaban J connectivity index is 1.55. The summed E-state index contributed by atoms with van der Waals surface area (Å²) in [6.07, 6.45) is 3.21. The lowest BCUT2D eigenvalue weighted by Crippen LogP contribution is -2.34. The number of ether oxygens (including phenoxy) is 1. The summed E-state index contributed by atoms with van der Waals surface area (Å²) in [7, 11) is -2.23. The molecule has 33 heavy (non-hydrogen) atoms. The fourth-order valence-corrected chi connectivity index (χ4v) is 4.60. The second-order valence-electron chi connectivity index (χ2n) is 6.60. The van der Waals surface area contributed by atoms with E-state index >= 15 is 0 Å². The summed E-state index contributed by atoms with van der Waals surface area (Å²) < 4.78 is 32.1. The van der Waals surface area contributed by atoms with Gasteiger partial charge in [0.25, 0.3) is 5.91 Å². The van der Waals surface area contributed by atoms with Crippen LogP contribution in [0.25, 0.3) is 0 Å². The van der Waals surface area contributed by atoms with Crippen molar-refractivity contribution in [2.75, 3.05) is 13.7 Å². The van der Waals surface area contributed by atoms with E-state index in [4.69, 9.17) is 16.3 Å². The number of hydrazone groups is 1. The van der Waals surface area contributed by atoms with Crippen molar-refractivity contribution in [1.82, 2.24) is 15.1 Å². The molecule has 0 aliphatic heterocycles. The molecule has 0 aliphatic rings. The number of pyridine rings is 1. The van der Waals surface area contributed by atoms with Crippen molar-refractivity contribution in [2.45, 2.75) is 15.7 Å². The van der Waals surface area contributed by atoms with E-state index in [9.17, 15) is 13.2 Å². The van der Waals surface area contributed by atoms with Gasteiger partial charge in [-0.05, 0) is 60.2 Å². The van der Waals surface area contributed by atoms with Crippen LogP contribution in [0.5, 0.6) is 5.75 Å². The summed E-state index contributed by atoms with van der Waals surface area (Å²) in [5, 5.41) is 5.21. The molecule has 2 aromatic carbocycles. The van der Waals surface area contributed by atoms with Gasteiger partial charge < -0.3 is 4.74 Å².